The largest absolute Gasteiger partial charge is 0.308 e. The number of aromatic nitrogens is 1. The van der Waals surface area contributed by atoms with Gasteiger partial charge in [0.1, 0.15) is 0 Å². The summed E-state index contributed by atoms with van der Waals surface area (Å²) in [5.41, 5.74) is 6.33. The molecule has 3 rings (SSSR count). The van der Waals surface area contributed by atoms with E-state index in [2.05, 4.69) is 57.9 Å². The van der Waals surface area contributed by atoms with E-state index in [1.807, 2.05) is 12.4 Å². The topological polar surface area (TPSA) is 28.2 Å². The summed E-state index contributed by atoms with van der Waals surface area (Å²) in [5, 5.41) is 2.31. The summed E-state index contributed by atoms with van der Waals surface area (Å²) >= 11 is 0. The Morgan fingerprint density at radius 1 is 0.955 bits per heavy atom. The summed E-state index contributed by atoms with van der Waals surface area (Å²) in [6.07, 6.45) is 11.4. The van der Waals surface area contributed by atoms with E-state index in [0.29, 0.717) is 6.04 Å². The molecule has 1 heterocycles. The average Bonchev–Trinajstić information content (AvgIpc) is 2.61. The van der Waals surface area contributed by atoms with E-state index in [0.717, 1.165) is 13.0 Å². The van der Waals surface area contributed by atoms with E-state index in [1.165, 1.54) is 43.4 Å². The second-order valence-electron chi connectivity index (χ2n) is 6.06. The summed E-state index contributed by atoms with van der Waals surface area (Å²) in [6.45, 7) is 0.977. The minimum atomic E-state index is 0.609. The van der Waals surface area contributed by atoms with Crippen molar-refractivity contribution in [3.63, 3.8) is 0 Å². The molecule has 3 nitrogen and oxygen atoms in total. The van der Waals surface area contributed by atoms with Gasteiger partial charge in [0.15, 0.2) is 0 Å². The monoisotopic (exact) mass is 295 g/mol. The first-order valence-corrected chi connectivity index (χ1v) is 8.39. The summed E-state index contributed by atoms with van der Waals surface area (Å²) in [4.78, 5) is 4.14. The van der Waals surface area contributed by atoms with Gasteiger partial charge in [-0.25, -0.2) is 5.43 Å². The number of hydrazine groups is 1. The summed E-state index contributed by atoms with van der Waals surface area (Å²) in [7, 11) is 0. The smallest absolute Gasteiger partial charge is 0.0550 e. The Morgan fingerprint density at radius 3 is 2.41 bits per heavy atom. The predicted molar refractivity (Wildman–Crippen MR) is 91.7 cm³/mol. The fourth-order valence-electron chi connectivity index (χ4n) is 3.13. The first-order valence-electron chi connectivity index (χ1n) is 8.39. The number of hydrogen-bond acceptors (Lipinski definition) is 3. The Hall–Kier alpha value is -1.87. The zero-order chi connectivity index (χ0) is 15.0. The van der Waals surface area contributed by atoms with Crippen LogP contribution in [0.5, 0.6) is 0 Å². The molecular weight excluding hydrogens is 270 g/mol. The molecule has 1 fully saturated rings. The van der Waals surface area contributed by atoms with E-state index in [4.69, 9.17) is 0 Å². The van der Waals surface area contributed by atoms with Crippen LogP contribution in [0.1, 0.15) is 37.7 Å². The molecule has 0 unspecified atom stereocenters. The highest BCUT2D eigenvalue weighted by molar-refractivity contribution is 5.43. The van der Waals surface area contributed by atoms with Crippen LogP contribution in [0.2, 0.25) is 0 Å². The zero-order valence-electron chi connectivity index (χ0n) is 13.1. The van der Waals surface area contributed by atoms with Crippen molar-refractivity contribution in [1.29, 1.82) is 0 Å². The Morgan fingerprint density at radius 2 is 1.68 bits per heavy atom. The van der Waals surface area contributed by atoms with E-state index in [9.17, 15) is 0 Å². The van der Waals surface area contributed by atoms with Crippen molar-refractivity contribution in [2.75, 3.05) is 11.6 Å². The zero-order valence-corrected chi connectivity index (χ0v) is 13.1. The van der Waals surface area contributed by atoms with E-state index in [-0.39, 0.29) is 0 Å². The average molecular weight is 295 g/mol. The van der Waals surface area contributed by atoms with Crippen molar-refractivity contribution in [3.8, 4) is 0 Å². The van der Waals surface area contributed by atoms with Crippen LogP contribution in [0.25, 0.3) is 0 Å². The van der Waals surface area contributed by atoms with Crippen LogP contribution in [0.4, 0.5) is 5.69 Å². The molecule has 116 valence electrons. The fraction of sp³-hybridized carbons (Fsp3) is 0.421. The summed E-state index contributed by atoms with van der Waals surface area (Å²) < 4.78 is 0. The standard InChI is InChI=1S/C19H25N3/c1-3-7-17(8-4-1)13-16-22(19-11-14-20-15-12-19)21-18-9-5-2-6-10-18/h1,3-4,7-8,11-12,14-15,18,21H,2,5-6,9-10,13,16H2. The highest BCUT2D eigenvalue weighted by Gasteiger charge is 2.16. The lowest BCUT2D eigenvalue weighted by molar-refractivity contribution is 0.363. The van der Waals surface area contributed by atoms with Gasteiger partial charge < -0.3 is 5.01 Å². The molecule has 1 aromatic heterocycles. The number of anilines is 1. The predicted octanol–water partition coefficient (Wildman–Crippen LogP) is 3.97. The highest BCUT2D eigenvalue weighted by Crippen LogP contribution is 2.20. The lowest BCUT2D eigenvalue weighted by Gasteiger charge is -2.32. The number of nitrogens with zero attached hydrogens (tertiary/aromatic N) is 2. The van der Waals surface area contributed by atoms with Crippen LogP contribution in [-0.2, 0) is 6.42 Å². The third-order valence-electron chi connectivity index (χ3n) is 4.38. The van der Waals surface area contributed by atoms with E-state index < -0.39 is 0 Å². The number of pyridine rings is 1. The molecule has 1 aromatic carbocycles. The normalized spacial score (nSPS) is 15.6. The number of benzene rings is 1. The van der Waals surface area contributed by atoms with Crippen molar-refractivity contribution in [3.05, 3.63) is 60.4 Å². The van der Waals surface area contributed by atoms with Crippen molar-refractivity contribution >= 4 is 5.69 Å². The van der Waals surface area contributed by atoms with Crippen molar-refractivity contribution in [1.82, 2.24) is 10.4 Å². The maximum Gasteiger partial charge on any atom is 0.0550 e. The Balaban J connectivity index is 1.65. The molecule has 1 aliphatic carbocycles. The molecule has 0 atom stereocenters. The van der Waals surface area contributed by atoms with E-state index in [1.54, 1.807) is 0 Å². The second-order valence-corrected chi connectivity index (χ2v) is 6.06. The maximum atomic E-state index is 4.14. The second kappa shape index (κ2) is 7.95. The molecule has 22 heavy (non-hydrogen) atoms. The summed E-state index contributed by atoms with van der Waals surface area (Å²) in [6, 6.07) is 15.5. The Labute approximate surface area is 133 Å². The highest BCUT2D eigenvalue weighted by atomic mass is 15.5. The Bertz CT molecular complexity index is 535. The van der Waals surface area contributed by atoms with Crippen molar-refractivity contribution in [2.45, 2.75) is 44.6 Å². The molecule has 0 saturated heterocycles. The Kier molecular flexibility index (Phi) is 5.43. The van der Waals surface area contributed by atoms with Crippen molar-refractivity contribution in [2.24, 2.45) is 0 Å². The van der Waals surface area contributed by atoms with Gasteiger partial charge in [0.25, 0.3) is 0 Å². The van der Waals surface area contributed by atoms with Gasteiger partial charge in [-0.3, -0.25) is 4.98 Å². The molecule has 0 bridgehead atoms. The number of nitrogens with one attached hydrogen (secondary N) is 1. The first-order chi connectivity index (χ1) is 10.9. The van der Waals surface area contributed by atoms with Gasteiger partial charge in [-0.05, 0) is 37.0 Å². The molecule has 3 heteroatoms. The van der Waals surface area contributed by atoms with Crippen LogP contribution in [0.3, 0.4) is 0 Å². The minimum Gasteiger partial charge on any atom is -0.308 e. The molecule has 1 aliphatic rings. The number of hydrogen-bond donors (Lipinski definition) is 1. The van der Waals surface area contributed by atoms with Gasteiger partial charge in [0.2, 0.25) is 0 Å². The lowest BCUT2D eigenvalue weighted by atomic mass is 9.96. The van der Waals surface area contributed by atoms with Gasteiger partial charge in [-0.2, -0.15) is 0 Å². The molecule has 1 saturated carbocycles. The van der Waals surface area contributed by atoms with Gasteiger partial charge in [-0.1, -0.05) is 49.6 Å². The third kappa shape index (κ3) is 4.31. The van der Waals surface area contributed by atoms with E-state index >= 15 is 0 Å². The quantitative estimate of drug-likeness (QED) is 0.817. The fourth-order valence-corrected chi connectivity index (χ4v) is 3.13. The van der Waals surface area contributed by atoms with Crippen LogP contribution in [0.15, 0.2) is 54.9 Å². The van der Waals surface area contributed by atoms with Crippen molar-refractivity contribution < 1.29 is 0 Å². The molecule has 1 N–H and O–H groups in total. The van der Waals surface area contributed by atoms with Gasteiger partial charge in [0, 0.05) is 25.0 Å². The van der Waals surface area contributed by atoms with Gasteiger partial charge >= 0.3 is 0 Å². The lowest BCUT2D eigenvalue weighted by Crippen LogP contribution is -2.46. The van der Waals surface area contributed by atoms with Crippen LogP contribution < -0.4 is 10.4 Å². The van der Waals surface area contributed by atoms with Crippen LogP contribution >= 0.6 is 0 Å². The van der Waals surface area contributed by atoms with Crippen LogP contribution in [0, 0.1) is 0 Å². The minimum absolute atomic E-state index is 0.609. The molecule has 2 aromatic rings. The van der Waals surface area contributed by atoms with Gasteiger partial charge in [0.05, 0.1) is 5.69 Å². The third-order valence-corrected chi connectivity index (χ3v) is 4.38. The summed E-state index contributed by atoms with van der Waals surface area (Å²) in [5.74, 6) is 0. The molecule has 0 amide bonds. The molecular formula is C19H25N3. The maximum absolute atomic E-state index is 4.14. The number of rotatable bonds is 6. The van der Waals surface area contributed by atoms with Gasteiger partial charge in [-0.15, -0.1) is 0 Å². The van der Waals surface area contributed by atoms with Crippen LogP contribution in [-0.4, -0.2) is 17.6 Å². The SMILES string of the molecule is c1ccc(CCN(NC2CCCCC2)c2ccncc2)cc1. The first kappa shape index (κ1) is 15.0. The molecule has 0 aliphatic heterocycles. The molecule has 0 radical (unpaired) electrons. The molecule has 0 spiro atoms.